The van der Waals surface area contributed by atoms with Crippen molar-refractivity contribution >= 4 is 17.7 Å². The van der Waals surface area contributed by atoms with E-state index in [1.54, 1.807) is 6.08 Å². The van der Waals surface area contributed by atoms with Crippen LogP contribution in [0.5, 0.6) is 0 Å². The van der Waals surface area contributed by atoms with E-state index in [2.05, 4.69) is 22.3 Å². The highest BCUT2D eigenvalue weighted by molar-refractivity contribution is 6.01. The zero-order valence-corrected chi connectivity index (χ0v) is 15.7. The average molecular weight is 359 g/mol. The van der Waals surface area contributed by atoms with Gasteiger partial charge in [-0.25, -0.2) is 0 Å². The second kappa shape index (κ2) is 9.05. The molecule has 1 fully saturated rings. The van der Waals surface area contributed by atoms with E-state index in [0.29, 0.717) is 0 Å². The van der Waals surface area contributed by atoms with Gasteiger partial charge in [0.15, 0.2) is 0 Å². The number of hydrogen-bond donors (Lipinski definition) is 1. The zero-order chi connectivity index (χ0) is 19.1. The number of nitriles is 1. The summed E-state index contributed by atoms with van der Waals surface area (Å²) in [7, 11) is 0. The van der Waals surface area contributed by atoms with Gasteiger partial charge in [0.05, 0.1) is 6.04 Å². The SMILES string of the molecule is CC(NC(=O)/C(C#N)=C/c1ccc(N2CCCCC2)cc1)c1ccccc1. The molecule has 1 heterocycles. The van der Waals surface area contributed by atoms with E-state index in [9.17, 15) is 10.1 Å². The third kappa shape index (κ3) is 4.98. The number of piperidine rings is 1. The lowest BCUT2D eigenvalue weighted by atomic mass is 10.1. The molecule has 0 bridgehead atoms. The first-order valence-electron chi connectivity index (χ1n) is 9.50. The van der Waals surface area contributed by atoms with Gasteiger partial charge in [0, 0.05) is 18.8 Å². The maximum Gasteiger partial charge on any atom is 0.262 e. The van der Waals surface area contributed by atoms with Crippen molar-refractivity contribution in [3.8, 4) is 6.07 Å². The molecule has 0 saturated carbocycles. The first kappa shape index (κ1) is 18.7. The minimum Gasteiger partial charge on any atom is -0.372 e. The van der Waals surface area contributed by atoms with Gasteiger partial charge in [0.25, 0.3) is 5.91 Å². The molecule has 1 amide bonds. The largest absolute Gasteiger partial charge is 0.372 e. The molecule has 2 aromatic carbocycles. The smallest absolute Gasteiger partial charge is 0.262 e. The standard InChI is InChI=1S/C23H25N3O/c1-18(20-8-4-2-5-9-20)25-23(27)21(17-24)16-19-10-12-22(13-11-19)26-14-6-3-7-15-26/h2,4-5,8-13,16,18H,3,6-7,14-15H2,1H3,(H,25,27)/b21-16+. The summed E-state index contributed by atoms with van der Waals surface area (Å²) in [6.45, 7) is 4.10. The molecule has 3 rings (SSSR count). The number of carbonyl (C=O) groups is 1. The molecule has 1 aliphatic rings. The van der Waals surface area contributed by atoms with Crippen LogP contribution in [0.3, 0.4) is 0 Å². The van der Waals surface area contributed by atoms with Gasteiger partial charge in [-0.1, -0.05) is 42.5 Å². The Morgan fingerprint density at radius 3 is 2.37 bits per heavy atom. The van der Waals surface area contributed by atoms with Gasteiger partial charge in [-0.05, 0) is 55.5 Å². The third-order valence-corrected chi connectivity index (χ3v) is 4.94. The van der Waals surface area contributed by atoms with Crippen LogP contribution in [-0.4, -0.2) is 19.0 Å². The quantitative estimate of drug-likeness (QED) is 0.633. The van der Waals surface area contributed by atoms with Crippen LogP contribution >= 0.6 is 0 Å². The molecule has 1 atom stereocenters. The first-order valence-corrected chi connectivity index (χ1v) is 9.50. The highest BCUT2D eigenvalue weighted by Crippen LogP contribution is 2.21. The van der Waals surface area contributed by atoms with Crippen LogP contribution in [0.1, 0.15) is 43.4 Å². The molecule has 0 spiro atoms. The average Bonchev–Trinajstić information content (AvgIpc) is 2.73. The summed E-state index contributed by atoms with van der Waals surface area (Å²) >= 11 is 0. The highest BCUT2D eigenvalue weighted by Gasteiger charge is 2.14. The predicted molar refractivity (Wildman–Crippen MR) is 109 cm³/mol. The van der Waals surface area contributed by atoms with Gasteiger partial charge in [-0.15, -0.1) is 0 Å². The Kier molecular flexibility index (Phi) is 6.27. The van der Waals surface area contributed by atoms with E-state index >= 15 is 0 Å². The van der Waals surface area contributed by atoms with Gasteiger partial charge >= 0.3 is 0 Å². The minimum atomic E-state index is -0.353. The molecular formula is C23H25N3O. The lowest BCUT2D eigenvalue weighted by Crippen LogP contribution is -2.29. The zero-order valence-electron chi connectivity index (χ0n) is 15.7. The maximum atomic E-state index is 12.5. The fourth-order valence-corrected chi connectivity index (χ4v) is 3.35. The fourth-order valence-electron chi connectivity index (χ4n) is 3.35. The van der Waals surface area contributed by atoms with Crippen molar-refractivity contribution in [3.63, 3.8) is 0 Å². The third-order valence-electron chi connectivity index (χ3n) is 4.94. The number of carbonyl (C=O) groups excluding carboxylic acids is 1. The van der Waals surface area contributed by atoms with E-state index in [4.69, 9.17) is 0 Å². The van der Waals surface area contributed by atoms with Crippen LogP contribution in [0.2, 0.25) is 0 Å². The number of amides is 1. The molecule has 1 aliphatic heterocycles. The van der Waals surface area contributed by atoms with Crippen LogP contribution in [0.15, 0.2) is 60.2 Å². The summed E-state index contributed by atoms with van der Waals surface area (Å²) in [5, 5.41) is 12.3. The molecular weight excluding hydrogens is 334 g/mol. The Balaban J connectivity index is 1.68. The summed E-state index contributed by atoms with van der Waals surface area (Å²) < 4.78 is 0. The number of benzene rings is 2. The van der Waals surface area contributed by atoms with Gasteiger partial charge in [-0.2, -0.15) is 5.26 Å². The molecule has 0 radical (unpaired) electrons. The second-order valence-electron chi connectivity index (χ2n) is 6.91. The van der Waals surface area contributed by atoms with Crippen LogP contribution in [0.4, 0.5) is 5.69 Å². The van der Waals surface area contributed by atoms with Crippen LogP contribution in [0.25, 0.3) is 6.08 Å². The van der Waals surface area contributed by atoms with Crippen LogP contribution in [-0.2, 0) is 4.79 Å². The van der Waals surface area contributed by atoms with Crippen LogP contribution in [0, 0.1) is 11.3 Å². The lowest BCUT2D eigenvalue weighted by Gasteiger charge is -2.28. The second-order valence-corrected chi connectivity index (χ2v) is 6.91. The molecule has 1 N–H and O–H groups in total. The van der Waals surface area contributed by atoms with Gasteiger partial charge < -0.3 is 10.2 Å². The topological polar surface area (TPSA) is 56.1 Å². The van der Waals surface area contributed by atoms with Crippen molar-refractivity contribution in [2.24, 2.45) is 0 Å². The summed E-state index contributed by atoms with van der Waals surface area (Å²) in [5.41, 5.74) is 3.18. The lowest BCUT2D eigenvalue weighted by molar-refractivity contribution is -0.117. The Hall–Kier alpha value is -3.06. The molecule has 27 heavy (non-hydrogen) atoms. The summed E-state index contributed by atoms with van der Waals surface area (Å²) in [6, 6.07) is 19.7. The number of nitrogens with zero attached hydrogens (tertiary/aromatic N) is 2. The van der Waals surface area contributed by atoms with Gasteiger partial charge in [-0.3, -0.25) is 4.79 Å². The Bertz CT molecular complexity index is 828. The Labute approximate surface area is 161 Å². The van der Waals surface area contributed by atoms with Crippen molar-refractivity contribution < 1.29 is 4.79 Å². The number of hydrogen-bond acceptors (Lipinski definition) is 3. The number of rotatable bonds is 5. The highest BCUT2D eigenvalue weighted by atomic mass is 16.1. The molecule has 1 saturated heterocycles. The Morgan fingerprint density at radius 2 is 1.74 bits per heavy atom. The van der Waals surface area contributed by atoms with Crippen molar-refractivity contribution in [2.45, 2.75) is 32.2 Å². The van der Waals surface area contributed by atoms with E-state index in [-0.39, 0.29) is 17.5 Å². The molecule has 0 aliphatic carbocycles. The maximum absolute atomic E-state index is 12.5. The van der Waals surface area contributed by atoms with Crippen molar-refractivity contribution in [1.82, 2.24) is 5.32 Å². The number of anilines is 1. The van der Waals surface area contributed by atoms with Gasteiger partial charge in [0.1, 0.15) is 11.6 Å². The first-order chi connectivity index (χ1) is 13.2. The van der Waals surface area contributed by atoms with Crippen LogP contribution < -0.4 is 10.2 Å². The molecule has 4 nitrogen and oxygen atoms in total. The molecule has 0 aromatic heterocycles. The van der Waals surface area contributed by atoms with Gasteiger partial charge in [0.2, 0.25) is 0 Å². The van der Waals surface area contributed by atoms with Crippen molar-refractivity contribution in [1.29, 1.82) is 5.26 Å². The summed E-state index contributed by atoms with van der Waals surface area (Å²) in [6.07, 6.45) is 5.42. The molecule has 4 heteroatoms. The minimum absolute atomic E-state index is 0.114. The molecule has 1 unspecified atom stereocenters. The normalized spacial score (nSPS) is 15.7. The van der Waals surface area contributed by atoms with E-state index in [0.717, 1.165) is 24.2 Å². The Morgan fingerprint density at radius 1 is 1.07 bits per heavy atom. The summed E-state index contributed by atoms with van der Waals surface area (Å²) in [4.78, 5) is 14.9. The fraction of sp³-hybridized carbons (Fsp3) is 0.304. The van der Waals surface area contributed by atoms with Crippen molar-refractivity contribution in [3.05, 3.63) is 71.3 Å². The molecule has 138 valence electrons. The van der Waals surface area contributed by atoms with E-state index < -0.39 is 0 Å². The molecule has 2 aromatic rings. The predicted octanol–water partition coefficient (Wildman–Crippen LogP) is 4.46. The van der Waals surface area contributed by atoms with E-state index in [1.165, 1.54) is 24.9 Å². The van der Waals surface area contributed by atoms with E-state index in [1.807, 2.05) is 55.5 Å². The monoisotopic (exact) mass is 359 g/mol. The van der Waals surface area contributed by atoms with Crippen molar-refractivity contribution in [2.75, 3.05) is 18.0 Å². The summed E-state index contributed by atoms with van der Waals surface area (Å²) in [5.74, 6) is -0.353. The number of nitrogens with one attached hydrogen (secondary N) is 1.